The summed E-state index contributed by atoms with van der Waals surface area (Å²) in [5.41, 5.74) is 3.33. The fourth-order valence-electron chi connectivity index (χ4n) is 5.78. The molecule has 0 saturated heterocycles. The first kappa shape index (κ1) is 33.1. The van der Waals surface area contributed by atoms with E-state index in [2.05, 4.69) is 121 Å². The Morgan fingerprint density at radius 3 is 1.38 bits per heavy atom. The fourth-order valence-corrected chi connectivity index (χ4v) is 8.63. The minimum Gasteiger partial charge on any atom is -0.309 e. The smallest absolute Gasteiger partial charge is 0.00267 e. The molecular formula is C36H60N3P. The highest BCUT2D eigenvalue weighted by atomic mass is 31.1. The van der Waals surface area contributed by atoms with Crippen LogP contribution in [0.2, 0.25) is 0 Å². The van der Waals surface area contributed by atoms with Crippen molar-refractivity contribution in [2.75, 3.05) is 60.9 Å². The molecule has 224 valence electrons. The van der Waals surface area contributed by atoms with Gasteiger partial charge in [-0.1, -0.05) is 78.6 Å². The van der Waals surface area contributed by atoms with Gasteiger partial charge in [0.15, 0.2) is 0 Å². The number of rotatable bonds is 15. The average Bonchev–Trinajstić information content (AvgIpc) is 3.16. The largest absolute Gasteiger partial charge is 0.309 e. The van der Waals surface area contributed by atoms with Gasteiger partial charge in [0.05, 0.1) is 0 Å². The van der Waals surface area contributed by atoms with Gasteiger partial charge in [0.2, 0.25) is 0 Å². The van der Waals surface area contributed by atoms with Crippen molar-refractivity contribution >= 4 is 28.5 Å². The molecule has 3 aromatic rings. The van der Waals surface area contributed by atoms with Crippen molar-refractivity contribution < 1.29 is 0 Å². The van der Waals surface area contributed by atoms with Crippen molar-refractivity contribution in [3.05, 3.63) is 47.5 Å². The van der Waals surface area contributed by atoms with Gasteiger partial charge in [-0.25, -0.2) is 0 Å². The van der Waals surface area contributed by atoms with Crippen LogP contribution in [-0.4, -0.2) is 75.6 Å². The highest BCUT2D eigenvalue weighted by Gasteiger charge is 2.20. The quantitative estimate of drug-likeness (QED) is 0.170. The van der Waals surface area contributed by atoms with Crippen LogP contribution in [0.1, 0.15) is 91.2 Å². The second-order valence-electron chi connectivity index (χ2n) is 14.7. The van der Waals surface area contributed by atoms with Gasteiger partial charge in [-0.3, -0.25) is 0 Å². The van der Waals surface area contributed by atoms with Gasteiger partial charge in [-0.15, -0.1) is 7.53 Å². The summed E-state index contributed by atoms with van der Waals surface area (Å²) in [6.07, 6.45) is 9.24. The average molecular weight is 566 g/mol. The molecule has 0 aliphatic carbocycles. The normalized spacial score (nSPS) is 13.1. The second-order valence-corrected chi connectivity index (χ2v) is 17.0. The first-order valence-corrected chi connectivity index (χ1v) is 17.4. The van der Waals surface area contributed by atoms with Crippen molar-refractivity contribution in [2.45, 2.75) is 97.1 Å². The van der Waals surface area contributed by atoms with E-state index in [0.717, 1.165) is 0 Å². The summed E-state index contributed by atoms with van der Waals surface area (Å²) in [6.45, 7) is 20.2. The monoisotopic (exact) mass is 565 g/mol. The zero-order chi connectivity index (χ0) is 29.5. The van der Waals surface area contributed by atoms with Crippen LogP contribution >= 0.6 is 7.53 Å². The first-order valence-electron chi connectivity index (χ1n) is 15.9. The van der Waals surface area contributed by atoms with Crippen LogP contribution < -0.4 is 0 Å². The van der Waals surface area contributed by atoms with Crippen LogP contribution in [0.25, 0.3) is 21.0 Å². The van der Waals surface area contributed by atoms with Crippen molar-refractivity contribution in [3.8, 4) is 0 Å². The molecule has 0 unspecified atom stereocenters. The molecule has 0 bridgehead atoms. The summed E-state index contributed by atoms with van der Waals surface area (Å²) in [6, 6.07) is 14.7. The molecule has 40 heavy (non-hydrogen) atoms. The molecule has 2 aromatic carbocycles. The van der Waals surface area contributed by atoms with Crippen LogP contribution in [0.15, 0.2) is 36.4 Å². The van der Waals surface area contributed by atoms with E-state index in [0.29, 0.717) is 0 Å². The second kappa shape index (κ2) is 14.7. The molecular weight excluding hydrogens is 505 g/mol. The zero-order valence-electron chi connectivity index (χ0n) is 27.7. The molecule has 4 heteroatoms. The van der Waals surface area contributed by atoms with Gasteiger partial charge in [0, 0.05) is 10.2 Å². The van der Waals surface area contributed by atoms with Crippen LogP contribution in [0, 0.1) is 0 Å². The number of fused-ring (bicyclic) bond motifs is 3. The number of hydrogen-bond acceptors (Lipinski definition) is 3. The summed E-state index contributed by atoms with van der Waals surface area (Å²) < 4.78 is 0. The predicted molar refractivity (Wildman–Crippen MR) is 183 cm³/mol. The number of nitrogens with zero attached hydrogens (tertiary/aromatic N) is 3. The molecule has 0 N–H and O–H groups in total. The van der Waals surface area contributed by atoms with Gasteiger partial charge < -0.3 is 14.7 Å². The van der Waals surface area contributed by atoms with Crippen molar-refractivity contribution in [1.29, 1.82) is 0 Å². The lowest BCUT2D eigenvalue weighted by Gasteiger charge is -2.24. The molecule has 0 fully saturated rings. The Morgan fingerprint density at radius 2 is 0.950 bits per heavy atom. The molecule has 0 aliphatic heterocycles. The minimum atomic E-state index is -0.285. The van der Waals surface area contributed by atoms with E-state index in [1.165, 1.54) is 99.3 Å². The summed E-state index contributed by atoms with van der Waals surface area (Å²) >= 11 is 0. The zero-order valence-corrected chi connectivity index (χ0v) is 28.6. The van der Waals surface area contributed by atoms with Gasteiger partial charge in [-0.05, 0) is 138 Å². The molecule has 3 nitrogen and oxygen atoms in total. The lowest BCUT2D eigenvalue weighted by atomic mass is 9.86. The summed E-state index contributed by atoms with van der Waals surface area (Å²) in [5, 5.41) is 6.27. The number of benzene rings is 2. The Labute approximate surface area is 248 Å². The van der Waals surface area contributed by atoms with Crippen molar-refractivity contribution in [2.24, 2.45) is 0 Å². The van der Waals surface area contributed by atoms with Crippen LogP contribution in [0.3, 0.4) is 0 Å². The Hall–Kier alpha value is -1.38. The SMILES string of the molecule is CN(C)CCCN(CCCCCCp1c2cc(C(C)(C)C)ccc2c2ccc(C(C)(C)C)cc21)CCCN(C)C. The maximum atomic E-state index is 2.72. The molecule has 0 spiro atoms. The standard InChI is InChI=1S/C36H60N3P/c1-35(2,3)29-17-19-31-32-20-18-30(36(4,5)6)28-34(32)40(33(31)27-29)26-14-12-11-13-23-39(24-15-21-37(7)8)25-16-22-38(9)10/h17-20,27-28H,11-16,21-26H2,1-10H3. The van der Waals surface area contributed by atoms with E-state index in [-0.39, 0.29) is 18.4 Å². The predicted octanol–water partition coefficient (Wildman–Crippen LogP) is 9.34. The topological polar surface area (TPSA) is 9.72 Å². The number of aryl methyl sites for hydroxylation is 1. The minimum absolute atomic E-state index is 0.187. The fraction of sp³-hybridized carbons (Fsp3) is 0.667. The highest BCUT2D eigenvalue weighted by Crippen LogP contribution is 2.52. The highest BCUT2D eigenvalue weighted by molar-refractivity contribution is 7.60. The summed E-state index contributed by atoms with van der Waals surface area (Å²) in [5.74, 6) is 0. The third kappa shape index (κ3) is 9.59. The number of hydrogen-bond donors (Lipinski definition) is 0. The molecule has 0 saturated carbocycles. The van der Waals surface area contributed by atoms with E-state index < -0.39 is 0 Å². The molecule has 1 aromatic heterocycles. The molecule has 0 aliphatic rings. The van der Waals surface area contributed by atoms with Crippen LogP contribution in [-0.2, 0) is 17.0 Å². The van der Waals surface area contributed by atoms with E-state index in [9.17, 15) is 0 Å². The van der Waals surface area contributed by atoms with E-state index >= 15 is 0 Å². The maximum Gasteiger partial charge on any atom is 0.00267 e. The Morgan fingerprint density at radius 1 is 0.525 bits per heavy atom. The van der Waals surface area contributed by atoms with Gasteiger partial charge in [0.25, 0.3) is 0 Å². The molecule has 0 atom stereocenters. The van der Waals surface area contributed by atoms with Crippen molar-refractivity contribution in [1.82, 2.24) is 14.7 Å². The van der Waals surface area contributed by atoms with E-state index in [4.69, 9.17) is 0 Å². The van der Waals surface area contributed by atoms with E-state index in [1.54, 1.807) is 10.2 Å². The lowest BCUT2D eigenvalue weighted by Crippen LogP contribution is -2.31. The third-order valence-corrected chi connectivity index (χ3v) is 11.0. The first-order chi connectivity index (χ1) is 18.8. The van der Waals surface area contributed by atoms with Gasteiger partial charge in [-0.2, -0.15) is 0 Å². The van der Waals surface area contributed by atoms with Crippen LogP contribution in [0.4, 0.5) is 0 Å². The van der Waals surface area contributed by atoms with E-state index in [1.807, 2.05) is 0 Å². The molecule has 3 rings (SSSR count). The third-order valence-electron chi connectivity index (χ3n) is 8.36. The van der Waals surface area contributed by atoms with Crippen LogP contribution in [0.5, 0.6) is 0 Å². The van der Waals surface area contributed by atoms with Gasteiger partial charge >= 0.3 is 0 Å². The molecule has 1 heterocycles. The Kier molecular flexibility index (Phi) is 12.2. The maximum absolute atomic E-state index is 2.72. The van der Waals surface area contributed by atoms with Gasteiger partial charge in [0.1, 0.15) is 0 Å². The Bertz CT molecular complexity index is 1110. The number of unbranched alkanes of at least 4 members (excludes halogenated alkanes) is 3. The summed E-state index contributed by atoms with van der Waals surface area (Å²) in [4.78, 5) is 7.35. The lowest BCUT2D eigenvalue weighted by molar-refractivity contribution is 0.236. The summed E-state index contributed by atoms with van der Waals surface area (Å²) in [7, 11) is 8.46. The Balaban J connectivity index is 1.68. The molecule has 0 radical (unpaired) electrons. The van der Waals surface area contributed by atoms with Crippen molar-refractivity contribution in [3.63, 3.8) is 0 Å². The molecule has 0 amide bonds.